The van der Waals surface area contributed by atoms with Gasteiger partial charge in [0.05, 0.1) is 20.8 Å². The summed E-state index contributed by atoms with van der Waals surface area (Å²) in [6, 6.07) is 6.48. The van der Waals surface area contributed by atoms with Gasteiger partial charge in [-0.1, -0.05) is 6.07 Å². The zero-order chi connectivity index (χ0) is 15.2. The summed E-state index contributed by atoms with van der Waals surface area (Å²) in [5.41, 5.74) is 1.24. The molecular formula is C16H26N2O3. The summed E-state index contributed by atoms with van der Waals surface area (Å²) in [5, 5.41) is 9.00. The summed E-state index contributed by atoms with van der Waals surface area (Å²) >= 11 is 0. The molecule has 1 aromatic carbocycles. The van der Waals surface area contributed by atoms with Gasteiger partial charge in [0.1, 0.15) is 0 Å². The van der Waals surface area contributed by atoms with E-state index in [9.17, 15) is 0 Å². The molecule has 0 aliphatic carbocycles. The molecule has 0 bridgehead atoms. The highest BCUT2D eigenvalue weighted by Gasteiger charge is 2.22. The second-order valence-electron chi connectivity index (χ2n) is 5.39. The van der Waals surface area contributed by atoms with Crippen LogP contribution in [-0.4, -0.2) is 68.5 Å². The van der Waals surface area contributed by atoms with Crippen LogP contribution in [0.25, 0.3) is 0 Å². The molecule has 1 heterocycles. The predicted molar refractivity (Wildman–Crippen MR) is 83.1 cm³/mol. The van der Waals surface area contributed by atoms with E-state index in [2.05, 4.69) is 28.9 Å². The Bertz CT molecular complexity index is 445. The van der Waals surface area contributed by atoms with Crippen molar-refractivity contribution in [3.8, 4) is 11.5 Å². The molecule has 118 valence electrons. The Morgan fingerprint density at radius 1 is 1.10 bits per heavy atom. The highest BCUT2D eigenvalue weighted by atomic mass is 16.5. The van der Waals surface area contributed by atoms with Crippen molar-refractivity contribution in [2.24, 2.45) is 0 Å². The lowest BCUT2D eigenvalue weighted by Gasteiger charge is -2.38. The van der Waals surface area contributed by atoms with Gasteiger partial charge in [-0.15, -0.1) is 0 Å². The summed E-state index contributed by atoms with van der Waals surface area (Å²) in [7, 11) is 3.32. The molecule has 1 aromatic rings. The molecule has 1 fully saturated rings. The Morgan fingerprint density at radius 3 is 2.33 bits per heavy atom. The first-order chi connectivity index (χ1) is 10.2. The quantitative estimate of drug-likeness (QED) is 0.858. The molecule has 1 saturated heterocycles. The molecule has 2 rings (SSSR count). The third-order valence-corrected chi connectivity index (χ3v) is 4.26. The van der Waals surface area contributed by atoms with Crippen molar-refractivity contribution in [1.82, 2.24) is 9.80 Å². The monoisotopic (exact) mass is 294 g/mol. The van der Waals surface area contributed by atoms with Gasteiger partial charge < -0.3 is 14.6 Å². The maximum Gasteiger partial charge on any atom is 0.161 e. The van der Waals surface area contributed by atoms with Crippen LogP contribution in [0.5, 0.6) is 11.5 Å². The van der Waals surface area contributed by atoms with Gasteiger partial charge in [0.2, 0.25) is 0 Å². The largest absolute Gasteiger partial charge is 0.493 e. The second-order valence-corrected chi connectivity index (χ2v) is 5.39. The first-order valence-electron chi connectivity index (χ1n) is 7.48. The van der Waals surface area contributed by atoms with Gasteiger partial charge in [-0.3, -0.25) is 9.80 Å². The molecule has 1 aliphatic heterocycles. The van der Waals surface area contributed by atoms with E-state index in [4.69, 9.17) is 14.6 Å². The Labute approximate surface area is 127 Å². The molecule has 0 amide bonds. The smallest absolute Gasteiger partial charge is 0.161 e. The lowest BCUT2D eigenvalue weighted by Crippen LogP contribution is -2.47. The Kier molecular flexibility index (Phi) is 5.85. The molecule has 1 atom stereocenters. The molecule has 1 aliphatic rings. The molecule has 1 N–H and O–H groups in total. The number of aliphatic hydroxyl groups excluding tert-OH is 1. The lowest BCUT2D eigenvalue weighted by molar-refractivity contribution is 0.0887. The average molecular weight is 294 g/mol. The summed E-state index contributed by atoms with van der Waals surface area (Å²) < 4.78 is 10.7. The van der Waals surface area contributed by atoms with E-state index < -0.39 is 0 Å². The first-order valence-corrected chi connectivity index (χ1v) is 7.48. The van der Waals surface area contributed by atoms with E-state index in [-0.39, 0.29) is 6.61 Å². The van der Waals surface area contributed by atoms with Crippen molar-refractivity contribution in [2.75, 3.05) is 53.6 Å². The molecule has 5 nitrogen and oxygen atoms in total. The van der Waals surface area contributed by atoms with Gasteiger partial charge in [0, 0.05) is 38.8 Å². The zero-order valence-corrected chi connectivity index (χ0v) is 13.2. The predicted octanol–water partition coefficient (Wildman–Crippen LogP) is 1.37. The van der Waals surface area contributed by atoms with Crippen LogP contribution in [0.2, 0.25) is 0 Å². The van der Waals surface area contributed by atoms with Crippen LogP contribution in [-0.2, 0) is 0 Å². The van der Waals surface area contributed by atoms with Gasteiger partial charge >= 0.3 is 0 Å². The number of ether oxygens (including phenoxy) is 2. The zero-order valence-electron chi connectivity index (χ0n) is 13.2. The van der Waals surface area contributed by atoms with Crippen LogP contribution >= 0.6 is 0 Å². The molecule has 0 radical (unpaired) electrons. The number of benzene rings is 1. The topological polar surface area (TPSA) is 45.2 Å². The molecule has 1 unspecified atom stereocenters. The minimum Gasteiger partial charge on any atom is -0.493 e. The van der Waals surface area contributed by atoms with Crippen molar-refractivity contribution in [1.29, 1.82) is 0 Å². The molecule has 0 saturated carbocycles. The van der Waals surface area contributed by atoms with E-state index in [0.29, 0.717) is 6.04 Å². The van der Waals surface area contributed by atoms with Crippen LogP contribution in [0, 0.1) is 0 Å². The number of aliphatic hydroxyl groups is 1. The van der Waals surface area contributed by atoms with E-state index in [1.165, 1.54) is 5.56 Å². The minimum atomic E-state index is 0.241. The van der Waals surface area contributed by atoms with E-state index in [1.54, 1.807) is 14.2 Å². The summed E-state index contributed by atoms with van der Waals surface area (Å²) in [5.74, 6) is 1.54. The van der Waals surface area contributed by atoms with Crippen LogP contribution < -0.4 is 9.47 Å². The number of rotatable bonds is 6. The van der Waals surface area contributed by atoms with Gasteiger partial charge in [-0.25, -0.2) is 0 Å². The number of nitrogens with zero attached hydrogens (tertiary/aromatic N) is 2. The van der Waals surface area contributed by atoms with Crippen LogP contribution in [0.3, 0.4) is 0 Å². The van der Waals surface area contributed by atoms with Crippen LogP contribution in [0.15, 0.2) is 18.2 Å². The fraction of sp³-hybridized carbons (Fsp3) is 0.625. The first kappa shape index (κ1) is 16.1. The minimum absolute atomic E-state index is 0.241. The number of hydrogen-bond acceptors (Lipinski definition) is 5. The maximum atomic E-state index is 9.00. The molecule has 0 aromatic heterocycles. The van der Waals surface area contributed by atoms with E-state index in [0.717, 1.165) is 44.2 Å². The lowest BCUT2D eigenvalue weighted by atomic mass is 10.1. The number of hydrogen-bond donors (Lipinski definition) is 1. The maximum absolute atomic E-state index is 9.00. The molecule has 21 heavy (non-hydrogen) atoms. The van der Waals surface area contributed by atoms with Crippen LogP contribution in [0.4, 0.5) is 0 Å². The van der Waals surface area contributed by atoms with Gasteiger partial charge in [0.15, 0.2) is 11.5 Å². The Morgan fingerprint density at radius 2 is 1.76 bits per heavy atom. The molecule has 5 heteroatoms. The van der Waals surface area contributed by atoms with Crippen molar-refractivity contribution < 1.29 is 14.6 Å². The second kappa shape index (κ2) is 7.64. The highest BCUT2D eigenvalue weighted by molar-refractivity contribution is 5.43. The number of piperazine rings is 1. The summed E-state index contributed by atoms with van der Waals surface area (Å²) in [4.78, 5) is 4.77. The molecule has 0 spiro atoms. The molecular weight excluding hydrogens is 268 g/mol. The highest BCUT2D eigenvalue weighted by Crippen LogP contribution is 2.32. The number of β-amino-alcohol motifs (C(OH)–C–C–N with tert-alkyl or cyclic N) is 1. The third kappa shape index (κ3) is 3.87. The summed E-state index contributed by atoms with van der Waals surface area (Å²) in [6.07, 6.45) is 0. The Hall–Kier alpha value is -1.30. The van der Waals surface area contributed by atoms with Gasteiger partial charge in [-0.05, 0) is 24.6 Å². The fourth-order valence-corrected chi connectivity index (χ4v) is 2.84. The Balaban J connectivity index is 2.02. The van der Waals surface area contributed by atoms with E-state index in [1.807, 2.05) is 6.07 Å². The third-order valence-electron chi connectivity index (χ3n) is 4.26. The average Bonchev–Trinajstić information content (AvgIpc) is 2.54. The SMILES string of the molecule is COc1ccc(C(C)N2CCN(CCO)CC2)cc1OC. The van der Waals surface area contributed by atoms with Crippen molar-refractivity contribution >= 4 is 0 Å². The van der Waals surface area contributed by atoms with Gasteiger partial charge in [0.25, 0.3) is 0 Å². The summed E-state index contributed by atoms with van der Waals surface area (Å²) in [6.45, 7) is 7.31. The standard InChI is InChI=1S/C16H26N2O3/c1-13(18-8-6-17(7-9-18)10-11-19)14-4-5-15(20-2)16(12-14)21-3/h4-5,12-13,19H,6-11H2,1-3H3. The van der Waals surface area contributed by atoms with Gasteiger partial charge in [-0.2, -0.15) is 0 Å². The van der Waals surface area contributed by atoms with Crippen molar-refractivity contribution in [3.05, 3.63) is 23.8 Å². The normalized spacial score (nSPS) is 18.5. The van der Waals surface area contributed by atoms with Crippen LogP contribution in [0.1, 0.15) is 18.5 Å². The van der Waals surface area contributed by atoms with Crippen molar-refractivity contribution in [3.63, 3.8) is 0 Å². The van der Waals surface area contributed by atoms with E-state index >= 15 is 0 Å². The number of methoxy groups -OCH3 is 2. The van der Waals surface area contributed by atoms with Crippen molar-refractivity contribution in [2.45, 2.75) is 13.0 Å². The fourth-order valence-electron chi connectivity index (χ4n) is 2.84.